The Morgan fingerprint density at radius 3 is 2.76 bits per heavy atom. The number of Topliss-reactive ketones (excluding diaryl/α,β-unsaturated/α-hetero) is 1. The molecule has 0 fully saturated rings. The number of hydrogen-bond donors (Lipinski definition) is 1. The lowest BCUT2D eigenvalue weighted by molar-refractivity contribution is 0.0797. The Morgan fingerprint density at radius 1 is 1.48 bits per heavy atom. The Bertz CT molecular complexity index is 676. The van der Waals surface area contributed by atoms with Crippen LogP contribution in [0.1, 0.15) is 43.3 Å². The number of rotatable bonds is 6. The summed E-state index contributed by atoms with van der Waals surface area (Å²) in [6.07, 6.45) is 2.44. The number of carbonyl (C=O) groups excluding carboxylic acids is 1. The molecule has 21 heavy (non-hydrogen) atoms. The zero-order valence-electron chi connectivity index (χ0n) is 12.6. The van der Waals surface area contributed by atoms with Crippen molar-refractivity contribution in [2.24, 2.45) is 11.3 Å². The van der Waals surface area contributed by atoms with E-state index in [1.165, 1.54) is 23.6 Å². The number of carbonyl (C=O) groups is 1. The van der Waals surface area contributed by atoms with E-state index in [0.29, 0.717) is 22.6 Å². The maximum Gasteiger partial charge on any atom is 0.179 e. The van der Waals surface area contributed by atoms with E-state index in [0.717, 1.165) is 11.1 Å². The minimum atomic E-state index is -0.590. The molecule has 112 valence electrons. The highest BCUT2D eigenvalue weighted by molar-refractivity contribution is 7.20. The average Bonchev–Trinajstić information content (AvgIpc) is 2.82. The molecule has 0 radical (unpaired) electrons. The van der Waals surface area contributed by atoms with Crippen molar-refractivity contribution in [1.82, 2.24) is 0 Å². The number of thiophene rings is 1. The van der Waals surface area contributed by atoms with Crippen LogP contribution in [0.4, 0.5) is 4.39 Å². The molecule has 2 rings (SSSR count). The van der Waals surface area contributed by atoms with Gasteiger partial charge in [-0.1, -0.05) is 26.8 Å². The summed E-state index contributed by atoms with van der Waals surface area (Å²) in [4.78, 5) is 13.4. The molecule has 4 heteroatoms. The highest BCUT2D eigenvalue weighted by atomic mass is 32.1. The molecule has 1 atom stereocenters. The quantitative estimate of drug-likeness (QED) is 0.570. The van der Waals surface area contributed by atoms with E-state index >= 15 is 0 Å². The fourth-order valence-electron chi connectivity index (χ4n) is 2.83. The summed E-state index contributed by atoms with van der Waals surface area (Å²) in [5, 5.41) is 7.87. The summed E-state index contributed by atoms with van der Waals surface area (Å²) >= 11 is 1.33. The Balaban J connectivity index is 2.43. The van der Waals surface area contributed by atoms with Gasteiger partial charge in [0, 0.05) is 15.5 Å². The van der Waals surface area contributed by atoms with E-state index in [-0.39, 0.29) is 11.6 Å². The molecule has 0 aliphatic rings. The predicted molar refractivity (Wildman–Crippen MR) is 87.1 cm³/mol. The van der Waals surface area contributed by atoms with Gasteiger partial charge in [-0.3, -0.25) is 4.79 Å². The molecule has 0 aliphatic heterocycles. The van der Waals surface area contributed by atoms with Crippen LogP contribution in [-0.4, -0.2) is 12.0 Å². The second-order valence-corrected chi connectivity index (χ2v) is 7.24. The lowest BCUT2D eigenvalue weighted by atomic mass is 9.75. The molecule has 0 saturated carbocycles. The molecule has 0 amide bonds. The molecule has 1 aromatic heterocycles. The van der Waals surface area contributed by atoms with Crippen molar-refractivity contribution in [2.45, 2.75) is 33.6 Å². The monoisotopic (exact) mass is 305 g/mol. The Labute approximate surface area is 128 Å². The third-order valence-corrected chi connectivity index (χ3v) is 4.79. The van der Waals surface area contributed by atoms with Gasteiger partial charge in [0.05, 0.1) is 4.88 Å². The van der Waals surface area contributed by atoms with E-state index in [1.807, 2.05) is 13.0 Å². The number of benzene rings is 1. The topological polar surface area (TPSA) is 40.9 Å². The van der Waals surface area contributed by atoms with Crippen molar-refractivity contribution in [2.75, 3.05) is 0 Å². The van der Waals surface area contributed by atoms with Gasteiger partial charge in [-0.25, -0.2) is 4.39 Å². The van der Waals surface area contributed by atoms with Crippen LogP contribution >= 0.6 is 11.3 Å². The summed E-state index contributed by atoms with van der Waals surface area (Å²) in [5.74, 6) is 0.0886. The van der Waals surface area contributed by atoms with Crippen LogP contribution in [0.25, 0.3) is 10.1 Å². The van der Waals surface area contributed by atoms with E-state index in [1.54, 1.807) is 12.1 Å². The number of nitrogens with one attached hydrogen (secondary N) is 1. The lowest BCUT2D eigenvalue weighted by Gasteiger charge is -2.27. The van der Waals surface area contributed by atoms with E-state index < -0.39 is 5.41 Å². The van der Waals surface area contributed by atoms with E-state index in [9.17, 15) is 9.18 Å². The average molecular weight is 305 g/mol. The van der Waals surface area contributed by atoms with E-state index in [2.05, 4.69) is 13.8 Å². The Hall–Kier alpha value is -1.55. The summed E-state index contributed by atoms with van der Waals surface area (Å²) in [7, 11) is 0. The van der Waals surface area contributed by atoms with Gasteiger partial charge in [0.15, 0.2) is 5.78 Å². The van der Waals surface area contributed by atoms with Crippen molar-refractivity contribution < 1.29 is 9.18 Å². The minimum absolute atomic E-state index is 0.0142. The second-order valence-electron chi connectivity index (χ2n) is 6.16. The highest BCUT2D eigenvalue weighted by Gasteiger charge is 2.34. The highest BCUT2D eigenvalue weighted by Crippen LogP contribution is 2.37. The summed E-state index contributed by atoms with van der Waals surface area (Å²) in [5.41, 5.74) is -0.590. The molecule has 1 unspecified atom stereocenters. The minimum Gasteiger partial charge on any atom is -0.313 e. The zero-order valence-corrected chi connectivity index (χ0v) is 13.4. The number of fused-ring (bicyclic) bond motifs is 1. The van der Waals surface area contributed by atoms with Crippen molar-refractivity contribution in [3.8, 4) is 0 Å². The fourth-order valence-corrected chi connectivity index (χ4v) is 4.00. The van der Waals surface area contributed by atoms with Gasteiger partial charge < -0.3 is 5.41 Å². The van der Waals surface area contributed by atoms with Crippen LogP contribution < -0.4 is 0 Å². The van der Waals surface area contributed by atoms with Crippen molar-refractivity contribution >= 4 is 33.4 Å². The molecule has 1 aromatic carbocycles. The molecule has 2 aromatic rings. The molecule has 0 aliphatic carbocycles. The predicted octanol–water partition coefficient (Wildman–Crippen LogP) is 5.32. The van der Waals surface area contributed by atoms with Gasteiger partial charge >= 0.3 is 0 Å². The lowest BCUT2D eigenvalue weighted by Crippen LogP contribution is -2.29. The third kappa shape index (κ3) is 3.21. The van der Waals surface area contributed by atoms with Crippen molar-refractivity contribution in [1.29, 1.82) is 5.41 Å². The standard InChI is InChI=1S/C17H20FNOS/c1-11(2)10-17(3,7-8-19)16(20)15-9-12-13(18)5-4-6-14(12)21-15/h4-6,8-9,11,19H,7,10H2,1-3H3. The largest absolute Gasteiger partial charge is 0.313 e. The first-order valence-corrected chi connectivity index (χ1v) is 7.91. The second kappa shape index (κ2) is 6.06. The van der Waals surface area contributed by atoms with Crippen LogP contribution in [0.2, 0.25) is 0 Å². The van der Waals surface area contributed by atoms with Gasteiger partial charge in [0.1, 0.15) is 5.82 Å². The first-order valence-electron chi connectivity index (χ1n) is 7.09. The summed E-state index contributed by atoms with van der Waals surface area (Å²) in [6, 6.07) is 6.55. The SMILES string of the molecule is CC(C)CC(C)(CC=N)C(=O)c1cc2c(F)cccc2s1. The maximum absolute atomic E-state index is 13.8. The first-order chi connectivity index (χ1) is 9.87. The van der Waals surface area contributed by atoms with Crippen LogP contribution in [0.5, 0.6) is 0 Å². The zero-order chi connectivity index (χ0) is 15.6. The Kier molecular flexibility index (Phi) is 4.57. The molecular formula is C17H20FNOS. The smallest absolute Gasteiger partial charge is 0.179 e. The van der Waals surface area contributed by atoms with Crippen LogP contribution in [-0.2, 0) is 0 Å². The molecule has 0 bridgehead atoms. The van der Waals surface area contributed by atoms with E-state index in [4.69, 9.17) is 5.41 Å². The fraction of sp³-hybridized carbons (Fsp3) is 0.412. The molecular weight excluding hydrogens is 285 g/mol. The van der Waals surface area contributed by atoms with Crippen molar-refractivity contribution in [3.05, 3.63) is 35.0 Å². The number of ketones is 1. The maximum atomic E-state index is 13.8. The summed E-state index contributed by atoms with van der Waals surface area (Å²) in [6.45, 7) is 6.04. The Morgan fingerprint density at radius 2 is 2.19 bits per heavy atom. The summed E-state index contributed by atoms with van der Waals surface area (Å²) < 4.78 is 14.6. The van der Waals surface area contributed by atoms with Crippen LogP contribution in [0.3, 0.4) is 0 Å². The number of halogens is 1. The van der Waals surface area contributed by atoms with Gasteiger partial charge in [-0.15, -0.1) is 11.3 Å². The van der Waals surface area contributed by atoms with Gasteiger partial charge in [0.2, 0.25) is 0 Å². The third-order valence-electron chi connectivity index (χ3n) is 3.69. The van der Waals surface area contributed by atoms with Gasteiger partial charge in [0.25, 0.3) is 0 Å². The van der Waals surface area contributed by atoms with Crippen LogP contribution in [0.15, 0.2) is 24.3 Å². The molecule has 0 spiro atoms. The molecule has 0 saturated heterocycles. The molecule has 2 nitrogen and oxygen atoms in total. The molecule has 1 heterocycles. The normalized spacial score (nSPS) is 14.3. The van der Waals surface area contributed by atoms with Crippen molar-refractivity contribution in [3.63, 3.8) is 0 Å². The van der Waals surface area contributed by atoms with Crippen LogP contribution in [0, 0.1) is 22.6 Å². The number of hydrogen-bond acceptors (Lipinski definition) is 3. The van der Waals surface area contributed by atoms with Gasteiger partial charge in [-0.2, -0.15) is 0 Å². The molecule has 1 N–H and O–H groups in total. The van der Waals surface area contributed by atoms with Gasteiger partial charge in [-0.05, 0) is 43.2 Å². The first kappa shape index (κ1) is 15.8.